The van der Waals surface area contributed by atoms with E-state index < -0.39 is 0 Å². The molecule has 0 radical (unpaired) electrons. The minimum atomic E-state index is 0.768. The summed E-state index contributed by atoms with van der Waals surface area (Å²) < 4.78 is 0. The Labute approximate surface area is 268 Å². The van der Waals surface area contributed by atoms with Gasteiger partial charge in [-0.3, -0.25) is 0 Å². The highest BCUT2D eigenvalue weighted by molar-refractivity contribution is 6.07. The Morgan fingerprint density at radius 3 is 1.82 bits per heavy atom. The van der Waals surface area contributed by atoms with Crippen molar-refractivity contribution in [3.63, 3.8) is 0 Å². The smallest absolute Gasteiger partial charge is 0.0314 e. The molecule has 45 heavy (non-hydrogen) atoms. The molecule has 0 spiro atoms. The number of anilines is 1. The zero-order valence-corrected chi connectivity index (χ0v) is 26.4. The van der Waals surface area contributed by atoms with Gasteiger partial charge in [-0.25, -0.2) is 0 Å². The van der Waals surface area contributed by atoms with Gasteiger partial charge in [0.25, 0.3) is 0 Å². The Bertz CT molecular complexity index is 1890. The summed E-state index contributed by atoms with van der Waals surface area (Å²) in [5, 5.41) is 0. The summed E-state index contributed by atoms with van der Waals surface area (Å²) in [7, 11) is 0. The average molecular weight is 584 g/mol. The fraction of sp³-hybridized carbons (Fsp3) is 0.136. The number of benzene rings is 5. The maximum absolute atomic E-state index is 6.27. The van der Waals surface area contributed by atoms with Gasteiger partial charge in [-0.2, -0.15) is 0 Å². The average Bonchev–Trinajstić information content (AvgIpc) is 3.09. The molecule has 0 amide bonds. The second-order valence-corrected chi connectivity index (χ2v) is 11.9. The van der Waals surface area contributed by atoms with Gasteiger partial charge in [0.1, 0.15) is 0 Å². The van der Waals surface area contributed by atoms with E-state index in [0.29, 0.717) is 0 Å². The SMILES string of the molecule is C=C/C(C)=C\CCc1c(-c2ccccc2)c(C2=CC=CCC2)c(-c2ccc(N)cc2)c(-c2ccccc2)c1-c1ccc(C)cc1. The first-order valence-electron chi connectivity index (χ1n) is 16.0. The first-order chi connectivity index (χ1) is 22.0. The predicted molar refractivity (Wildman–Crippen MR) is 196 cm³/mol. The van der Waals surface area contributed by atoms with Crippen LogP contribution in [0.15, 0.2) is 152 Å². The molecule has 0 heterocycles. The molecular weight excluding hydrogens is 542 g/mol. The van der Waals surface area contributed by atoms with E-state index >= 15 is 0 Å². The maximum Gasteiger partial charge on any atom is 0.0314 e. The topological polar surface area (TPSA) is 26.0 Å². The summed E-state index contributed by atoms with van der Waals surface area (Å²) >= 11 is 0. The van der Waals surface area contributed by atoms with Crippen LogP contribution in [0.4, 0.5) is 5.69 Å². The summed E-state index contributed by atoms with van der Waals surface area (Å²) in [5.41, 5.74) is 23.6. The van der Waals surface area contributed by atoms with Gasteiger partial charge in [-0.15, -0.1) is 0 Å². The van der Waals surface area contributed by atoms with Crippen molar-refractivity contribution < 1.29 is 0 Å². The third-order valence-corrected chi connectivity index (χ3v) is 8.79. The van der Waals surface area contributed by atoms with E-state index in [1.807, 2.05) is 18.2 Å². The van der Waals surface area contributed by atoms with Gasteiger partial charge < -0.3 is 5.73 Å². The first-order valence-corrected chi connectivity index (χ1v) is 16.0. The molecule has 0 saturated carbocycles. The molecular formula is C44H41N. The highest BCUT2D eigenvalue weighted by Gasteiger charge is 2.28. The first kappa shape index (κ1) is 29.9. The zero-order chi connectivity index (χ0) is 31.2. The molecule has 0 aliphatic heterocycles. The van der Waals surface area contributed by atoms with E-state index in [1.165, 1.54) is 72.3 Å². The Balaban J connectivity index is 1.86. The van der Waals surface area contributed by atoms with Crippen LogP contribution in [0, 0.1) is 6.92 Å². The molecule has 0 aromatic heterocycles. The number of allylic oxidation sites excluding steroid dienone is 7. The van der Waals surface area contributed by atoms with Crippen molar-refractivity contribution in [1.82, 2.24) is 0 Å². The minimum absolute atomic E-state index is 0.768. The van der Waals surface area contributed by atoms with Gasteiger partial charge in [-0.05, 0) is 113 Å². The van der Waals surface area contributed by atoms with Crippen LogP contribution in [-0.2, 0) is 6.42 Å². The molecule has 0 atom stereocenters. The summed E-state index contributed by atoms with van der Waals surface area (Å²) in [6.07, 6.45) is 14.9. The van der Waals surface area contributed by atoms with Gasteiger partial charge in [0.2, 0.25) is 0 Å². The van der Waals surface area contributed by atoms with Crippen molar-refractivity contribution in [1.29, 1.82) is 0 Å². The van der Waals surface area contributed by atoms with E-state index in [9.17, 15) is 0 Å². The van der Waals surface area contributed by atoms with Crippen LogP contribution in [0.5, 0.6) is 0 Å². The molecule has 1 aliphatic carbocycles. The van der Waals surface area contributed by atoms with Crippen molar-refractivity contribution in [3.8, 4) is 44.5 Å². The molecule has 5 aromatic rings. The molecule has 6 rings (SSSR count). The van der Waals surface area contributed by atoms with Crippen molar-refractivity contribution >= 4 is 11.3 Å². The van der Waals surface area contributed by atoms with Crippen LogP contribution in [0.3, 0.4) is 0 Å². The van der Waals surface area contributed by atoms with Crippen LogP contribution in [0.25, 0.3) is 50.1 Å². The van der Waals surface area contributed by atoms with Gasteiger partial charge >= 0.3 is 0 Å². The lowest BCUT2D eigenvalue weighted by Crippen LogP contribution is -2.07. The van der Waals surface area contributed by atoms with Gasteiger partial charge in [-0.1, -0.05) is 145 Å². The standard InChI is InChI=1S/C44H41N/c1-4-31(2)15-14-22-39-40(33-16-8-5-9-17-33)42(34-18-10-6-11-19-34)44(37-27-29-38(45)30-28-37)43(35-20-12-7-13-21-35)41(39)36-25-23-32(3)24-26-36/h4-10,12-13,15-18,20-21,23-30H,1,11,14,19,22,45H2,2-3H3/b31-15-. The van der Waals surface area contributed by atoms with Crippen molar-refractivity contribution in [3.05, 3.63) is 168 Å². The largest absolute Gasteiger partial charge is 0.399 e. The molecule has 5 aromatic carbocycles. The monoisotopic (exact) mass is 583 g/mol. The van der Waals surface area contributed by atoms with E-state index in [1.54, 1.807) is 0 Å². The molecule has 0 unspecified atom stereocenters. The van der Waals surface area contributed by atoms with Crippen LogP contribution in [0.1, 0.15) is 42.9 Å². The van der Waals surface area contributed by atoms with E-state index in [4.69, 9.17) is 5.73 Å². The molecule has 1 nitrogen and oxygen atoms in total. The number of aryl methyl sites for hydroxylation is 1. The fourth-order valence-corrected chi connectivity index (χ4v) is 6.51. The lowest BCUT2D eigenvalue weighted by molar-refractivity contribution is 0.994. The second-order valence-electron chi connectivity index (χ2n) is 11.9. The number of hydrogen-bond acceptors (Lipinski definition) is 1. The Hall–Kier alpha value is -5.14. The molecule has 2 N–H and O–H groups in total. The third kappa shape index (κ3) is 6.40. The van der Waals surface area contributed by atoms with Crippen LogP contribution >= 0.6 is 0 Å². The summed E-state index contributed by atoms with van der Waals surface area (Å²) in [5.74, 6) is 0. The van der Waals surface area contributed by atoms with Crippen molar-refractivity contribution in [2.24, 2.45) is 0 Å². The Morgan fingerprint density at radius 2 is 1.22 bits per heavy atom. The molecule has 0 saturated heterocycles. The molecule has 222 valence electrons. The summed E-state index contributed by atoms with van der Waals surface area (Å²) in [4.78, 5) is 0. The highest BCUT2D eigenvalue weighted by Crippen LogP contribution is 2.52. The van der Waals surface area contributed by atoms with Gasteiger partial charge in [0, 0.05) is 5.69 Å². The van der Waals surface area contributed by atoms with Gasteiger partial charge in [0.05, 0.1) is 0 Å². The molecule has 1 heteroatoms. The van der Waals surface area contributed by atoms with Crippen molar-refractivity contribution in [2.45, 2.75) is 39.5 Å². The Morgan fingerprint density at radius 1 is 0.689 bits per heavy atom. The normalized spacial score (nSPS) is 13.0. The molecule has 1 aliphatic rings. The second kappa shape index (κ2) is 13.7. The minimum Gasteiger partial charge on any atom is -0.399 e. The number of nitrogen functional groups attached to an aromatic ring is 1. The number of rotatable bonds is 9. The lowest BCUT2D eigenvalue weighted by Gasteiger charge is -2.30. The summed E-state index contributed by atoms with van der Waals surface area (Å²) in [6, 6.07) is 39.5. The quantitative estimate of drug-likeness (QED) is 0.136. The van der Waals surface area contributed by atoms with Crippen LogP contribution < -0.4 is 5.73 Å². The van der Waals surface area contributed by atoms with E-state index in [0.717, 1.165) is 31.4 Å². The highest BCUT2D eigenvalue weighted by atomic mass is 14.5. The zero-order valence-electron chi connectivity index (χ0n) is 26.4. The van der Waals surface area contributed by atoms with Crippen LogP contribution in [-0.4, -0.2) is 0 Å². The van der Waals surface area contributed by atoms with Crippen molar-refractivity contribution in [2.75, 3.05) is 5.73 Å². The van der Waals surface area contributed by atoms with Gasteiger partial charge in [0.15, 0.2) is 0 Å². The van der Waals surface area contributed by atoms with E-state index in [-0.39, 0.29) is 0 Å². The third-order valence-electron chi connectivity index (χ3n) is 8.79. The number of hydrogen-bond donors (Lipinski definition) is 1. The maximum atomic E-state index is 6.27. The number of nitrogens with two attached hydrogens (primary N) is 1. The molecule has 0 fully saturated rings. The van der Waals surface area contributed by atoms with E-state index in [2.05, 4.69) is 142 Å². The summed E-state index contributed by atoms with van der Waals surface area (Å²) in [6.45, 7) is 8.31. The Kier molecular flexibility index (Phi) is 9.08. The molecule has 0 bridgehead atoms. The lowest BCUT2D eigenvalue weighted by atomic mass is 9.73. The fourth-order valence-electron chi connectivity index (χ4n) is 6.51. The van der Waals surface area contributed by atoms with Crippen LogP contribution in [0.2, 0.25) is 0 Å². The predicted octanol–water partition coefficient (Wildman–Crippen LogP) is 12.0.